The molecule has 1 saturated heterocycles. The van der Waals surface area contributed by atoms with E-state index in [0.29, 0.717) is 24.7 Å². The number of anilines is 1. The second kappa shape index (κ2) is 5.82. The average Bonchev–Trinajstić information content (AvgIpc) is 2.75. The summed E-state index contributed by atoms with van der Waals surface area (Å²) in [5.74, 6) is 1.31. The van der Waals surface area contributed by atoms with Crippen LogP contribution in [-0.4, -0.2) is 32.5 Å². The molecule has 5 heteroatoms. The predicted molar refractivity (Wildman–Crippen MR) is 72.1 cm³/mol. The highest BCUT2D eigenvalue weighted by atomic mass is 16.6. The van der Waals surface area contributed by atoms with Crippen molar-refractivity contribution in [1.82, 2.24) is 0 Å². The van der Waals surface area contributed by atoms with E-state index in [2.05, 4.69) is 0 Å². The normalized spacial score (nSPS) is 18.4. The van der Waals surface area contributed by atoms with E-state index >= 15 is 0 Å². The molecule has 1 fully saturated rings. The maximum Gasteiger partial charge on any atom is 0.414 e. The van der Waals surface area contributed by atoms with E-state index in [9.17, 15) is 4.79 Å². The van der Waals surface area contributed by atoms with Crippen LogP contribution in [0.4, 0.5) is 10.5 Å². The fourth-order valence-electron chi connectivity index (χ4n) is 1.97. The number of cyclic esters (lactones) is 1. The number of hydrogen-bond donors (Lipinski definition) is 0. The molecule has 5 nitrogen and oxygen atoms in total. The number of ether oxygens (including phenoxy) is 3. The van der Waals surface area contributed by atoms with Crippen LogP contribution < -0.4 is 14.4 Å². The molecule has 0 radical (unpaired) electrons. The standard InChI is InChI=1S/C14H19NO4/c1-4-7-18-13-8-11(5-6-12(13)17-3)15-9-10(2)19-14(15)16/h5-6,8,10H,4,7,9H2,1-3H3. The van der Waals surface area contributed by atoms with Gasteiger partial charge in [-0.25, -0.2) is 4.79 Å². The van der Waals surface area contributed by atoms with Crippen molar-refractivity contribution in [2.75, 3.05) is 25.2 Å². The summed E-state index contributed by atoms with van der Waals surface area (Å²) in [6, 6.07) is 5.45. The lowest BCUT2D eigenvalue weighted by atomic mass is 10.2. The molecular formula is C14H19NO4. The first kappa shape index (κ1) is 13.5. The Morgan fingerprint density at radius 1 is 1.42 bits per heavy atom. The molecule has 104 valence electrons. The van der Waals surface area contributed by atoms with Gasteiger partial charge in [0.25, 0.3) is 0 Å². The van der Waals surface area contributed by atoms with Gasteiger partial charge in [-0.15, -0.1) is 0 Å². The van der Waals surface area contributed by atoms with Crippen molar-refractivity contribution in [3.8, 4) is 11.5 Å². The number of hydrogen-bond acceptors (Lipinski definition) is 4. The van der Waals surface area contributed by atoms with Crippen LogP contribution in [-0.2, 0) is 4.74 Å². The predicted octanol–water partition coefficient (Wildman–Crippen LogP) is 2.83. The highest BCUT2D eigenvalue weighted by Gasteiger charge is 2.29. The van der Waals surface area contributed by atoms with Crippen LogP contribution in [0.25, 0.3) is 0 Å². The van der Waals surface area contributed by atoms with E-state index < -0.39 is 0 Å². The van der Waals surface area contributed by atoms with Gasteiger partial charge in [0, 0.05) is 6.07 Å². The monoisotopic (exact) mass is 265 g/mol. The largest absolute Gasteiger partial charge is 0.493 e. The van der Waals surface area contributed by atoms with Crippen molar-refractivity contribution < 1.29 is 19.0 Å². The number of nitrogens with zero attached hydrogens (tertiary/aromatic N) is 1. The summed E-state index contributed by atoms with van der Waals surface area (Å²) in [6.45, 7) is 5.07. The molecule has 1 atom stereocenters. The average molecular weight is 265 g/mol. The molecule has 1 aliphatic heterocycles. The Balaban J connectivity index is 2.24. The minimum Gasteiger partial charge on any atom is -0.493 e. The van der Waals surface area contributed by atoms with Gasteiger partial charge >= 0.3 is 6.09 Å². The van der Waals surface area contributed by atoms with E-state index in [1.165, 1.54) is 0 Å². The highest BCUT2D eigenvalue weighted by molar-refractivity contribution is 5.90. The Bertz CT molecular complexity index is 461. The lowest BCUT2D eigenvalue weighted by molar-refractivity contribution is 0.150. The second-order valence-electron chi connectivity index (χ2n) is 4.49. The molecule has 1 unspecified atom stereocenters. The molecular weight excluding hydrogens is 246 g/mol. The molecule has 0 spiro atoms. The van der Waals surface area contributed by atoms with E-state index in [-0.39, 0.29) is 12.2 Å². The lowest BCUT2D eigenvalue weighted by Gasteiger charge is -2.16. The van der Waals surface area contributed by atoms with Crippen molar-refractivity contribution in [2.45, 2.75) is 26.4 Å². The van der Waals surface area contributed by atoms with Crippen LogP contribution in [0.3, 0.4) is 0 Å². The molecule has 1 aliphatic rings. The lowest BCUT2D eigenvalue weighted by Crippen LogP contribution is -2.24. The van der Waals surface area contributed by atoms with Gasteiger partial charge in [-0.1, -0.05) is 6.92 Å². The van der Waals surface area contributed by atoms with E-state index in [0.717, 1.165) is 12.1 Å². The topological polar surface area (TPSA) is 48.0 Å². The molecule has 0 saturated carbocycles. The van der Waals surface area contributed by atoms with Crippen molar-refractivity contribution in [3.05, 3.63) is 18.2 Å². The van der Waals surface area contributed by atoms with Crippen molar-refractivity contribution >= 4 is 11.8 Å². The van der Waals surface area contributed by atoms with Gasteiger partial charge in [0.05, 0.1) is 25.9 Å². The fourth-order valence-corrected chi connectivity index (χ4v) is 1.97. The smallest absolute Gasteiger partial charge is 0.414 e. The van der Waals surface area contributed by atoms with Crippen molar-refractivity contribution in [3.63, 3.8) is 0 Å². The summed E-state index contributed by atoms with van der Waals surface area (Å²) in [4.78, 5) is 13.3. The molecule has 0 aromatic heterocycles. The van der Waals surface area contributed by atoms with Crippen molar-refractivity contribution in [2.24, 2.45) is 0 Å². The molecule has 0 aliphatic carbocycles. The van der Waals surface area contributed by atoms with E-state index in [1.807, 2.05) is 26.0 Å². The number of rotatable bonds is 5. The Hall–Kier alpha value is -1.91. The first-order valence-electron chi connectivity index (χ1n) is 6.44. The molecule has 19 heavy (non-hydrogen) atoms. The third kappa shape index (κ3) is 2.92. The molecule has 1 aromatic rings. The summed E-state index contributed by atoms with van der Waals surface area (Å²) in [5, 5.41) is 0. The number of benzene rings is 1. The molecule has 1 amide bonds. The SMILES string of the molecule is CCCOc1cc(N2CC(C)OC2=O)ccc1OC. The maximum atomic E-state index is 11.7. The Labute approximate surface area is 113 Å². The van der Waals surface area contributed by atoms with Gasteiger partial charge in [0.15, 0.2) is 11.5 Å². The van der Waals surface area contributed by atoms with Crippen molar-refractivity contribution in [1.29, 1.82) is 0 Å². The molecule has 1 aromatic carbocycles. The molecule has 0 bridgehead atoms. The first-order valence-corrected chi connectivity index (χ1v) is 6.44. The van der Waals surface area contributed by atoms with Crippen LogP contribution in [0.1, 0.15) is 20.3 Å². The third-order valence-corrected chi connectivity index (χ3v) is 2.88. The number of carbonyl (C=O) groups excluding carboxylic acids is 1. The van der Waals surface area contributed by atoms with Crippen LogP contribution in [0.5, 0.6) is 11.5 Å². The minimum absolute atomic E-state index is 0.0883. The van der Waals surface area contributed by atoms with Crippen LogP contribution in [0.15, 0.2) is 18.2 Å². The Morgan fingerprint density at radius 2 is 2.21 bits per heavy atom. The number of carbonyl (C=O) groups is 1. The number of methoxy groups -OCH3 is 1. The van der Waals surface area contributed by atoms with E-state index in [4.69, 9.17) is 14.2 Å². The minimum atomic E-state index is -0.320. The van der Waals surface area contributed by atoms with Gasteiger partial charge in [0.1, 0.15) is 6.10 Å². The van der Waals surface area contributed by atoms with Gasteiger partial charge < -0.3 is 14.2 Å². The summed E-state index contributed by atoms with van der Waals surface area (Å²) in [6.07, 6.45) is 0.504. The zero-order valence-corrected chi connectivity index (χ0v) is 11.5. The van der Waals surface area contributed by atoms with Gasteiger partial charge in [0.2, 0.25) is 0 Å². The van der Waals surface area contributed by atoms with Crippen LogP contribution in [0.2, 0.25) is 0 Å². The number of amides is 1. The molecule has 0 N–H and O–H groups in total. The highest BCUT2D eigenvalue weighted by Crippen LogP contribution is 2.33. The van der Waals surface area contributed by atoms with Crippen LogP contribution in [0, 0.1) is 0 Å². The second-order valence-corrected chi connectivity index (χ2v) is 4.49. The van der Waals surface area contributed by atoms with Gasteiger partial charge in [-0.3, -0.25) is 4.90 Å². The third-order valence-electron chi connectivity index (χ3n) is 2.88. The molecule has 2 rings (SSSR count). The first-order chi connectivity index (χ1) is 9.15. The Morgan fingerprint density at radius 3 is 2.79 bits per heavy atom. The summed E-state index contributed by atoms with van der Waals surface area (Å²) >= 11 is 0. The zero-order valence-electron chi connectivity index (χ0n) is 11.5. The van der Waals surface area contributed by atoms with Crippen LogP contribution >= 0.6 is 0 Å². The van der Waals surface area contributed by atoms with E-state index in [1.54, 1.807) is 18.1 Å². The van der Waals surface area contributed by atoms with Gasteiger partial charge in [-0.2, -0.15) is 0 Å². The quantitative estimate of drug-likeness (QED) is 0.821. The molecule has 1 heterocycles. The Kier molecular flexibility index (Phi) is 4.14. The summed E-state index contributed by atoms with van der Waals surface area (Å²) in [7, 11) is 1.60. The fraction of sp³-hybridized carbons (Fsp3) is 0.500. The van der Waals surface area contributed by atoms with Gasteiger partial charge in [-0.05, 0) is 25.5 Å². The summed E-state index contributed by atoms with van der Waals surface area (Å²) < 4.78 is 16.0. The summed E-state index contributed by atoms with van der Waals surface area (Å²) in [5.41, 5.74) is 0.765. The zero-order chi connectivity index (χ0) is 13.8. The maximum absolute atomic E-state index is 11.7.